The molecule has 0 spiro atoms. The van der Waals surface area contributed by atoms with Crippen LogP contribution in [0.1, 0.15) is 84.5 Å². The van der Waals surface area contributed by atoms with E-state index in [0.29, 0.717) is 0 Å². The summed E-state index contributed by atoms with van der Waals surface area (Å²) in [5, 5.41) is 19.4. The Kier molecular flexibility index (Phi) is 11.5. The second kappa shape index (κ2) is 13.1. The third-order valence-corrected chi connectivity index (χ3v) is 5.31. The van der Waals surface area contributed by atoms with E-state index >= 15 is 0 Å². The van der Waals surface area contributed by atoms with Gasteiger partial charge < -0.3 is 14.9 Å². The molecule has 1 aliphatic rings. The smallest absolute Gasteiger partial charge is 0.303 e. The largest absolute Gasteiger partial charge is 0.458 e. The molecule has 2 N–H and O–H groups in total. The van der Waals surface area contributed by atoms with Gasteiger partial charge in [-0.2, -0.15) is 0 Å². The minimum absolute atomic E-state index is 0.191. The van der Waals surface area contributed by atoms with E-state index in [1.54, 1.807) is 0 Å². The van der Waals surface area contributed by atoms with Crippen molar-refractivity contribution >= 4 is 5.97 Å². The standard InChI is InChI=1S/C22H38O4/c1-3-4-8-12-20(26-19(2)24)14-17-22(16-11-13-21(22)25)15-9-6-5-7-10-18-23/h5-6,14,17,20-21,23,25H,3-4,7-13,15-16,18H2,1-2H3/b6-5+,17-14+. The number of aliphatic hydroxyl groups is 2. The molecule has 3 atom stereocenters. The lowest BCUT2D eigenvalue weighted by atomic mass is 9.79. The van der Waals surface area contributed by atoms with Gasteiger partial charge in [0.25, 0.3) is 0 Å². The van der Waals surface area contributed by atoms with Crippen LogP contribution in [-0.2, 0) is 9.53 Å². The van der Waals surface area contributed by atoms with Gasteiger partial charge in [-0.25, -0.2) is 0 Å². The van der Waals surface area contributed by atoms with Crippen LogP contribution in [0.25, 0.3) is 0 Å². The Morgan fingerprint density at radius 1 is 1.27 bits per heavy atom. The van der Waals surface area contributed by atoms with Crippen molar-refractivity contribution < 1.29 is 19.7 Å². The van der Waals surface area contributed by atoms with Crippen molar-refractivity contribution in [1.82, 2.24) is 0 Å². The van der Waals surface area contributed by atoms with Crippen LogP contribution in [0.15, 0.2) is 24.3 Å². The highest BCUT2D eigenvalue weighted by molar-refractivity contribution is 5.66. The predicted octanol–water partition coefficient (Wildman–Crippen LogP) is 4.69. The first-order valence-corrected chi connectivity index (χ1v) is 10.3. The summed E-state index contributed by atoms with van der Waals surface area (Å²) in [6.45, 7) is 3.85. The van der Waals surface area contributed by atoms with Gasteiger partial charge in [0, 0.05) is 18.9 Å². The minimum Gasteiger partial charge on any atom is -0.458 e. The van der Waals surface area contributed by atoms with E-state index in [1.807, 2.05) is 6.08 Å². The highest BCUT2D eigenvalue weighted by atomic mass is 16.5. The van der Waals surface area contributed by atoms with Gasteiger partial charge in [-0.15, -0.1) is 0 Å². The number of hydrogen-bond acceptors (Lipinski definition) is 4. The Balaban J connectivity index is 2.68. The molecule has 0 aromatic rings. The minimum atomic E-state index is -0.321. The molecule has 0 saturated heterocycles. The predicted molar refractivity (Wildman–Crippen MR) is 106 cm³/mol. The Morgan fingerprint density at radius 3 is 2.65 bits per heavy atom. The highest BCUT2D eigenvalue weighted by Crippen LogP contribution is 2.44. The lowest BCUT2D eigenvalue weighted by Gasteiger charge is -2.30. The van der Waals surface area contributed by atoms with Crippen molar-refractivity contribution in [1.29, 1.82) is 0 Å². The number of hydrogen-bond donors (Lipinski definition) is 2. The fraction of sp³-hybridized carbons (Fsp3) is 0.773. The molecule has 0 aromatic heterocycles. The Bertz CT molecular complexity index is 443. The lowest BCUT2D eigenvalue weighted by molar-refractivity contribution is -0.144. The highest BCUT2D eigenvalue weighted by Gasteiger charge is 2.39. The number of unbranched alkanes of at least 4 members (excludes halogenated alkanes) is 3. The number of rotatable bonds is 13. The van der Waals surface area contributed by atoms with Crippen LogP contribution in [-0.4, -0.2) is 35.0 Å². The van der Waals surface area contributed by atoms with E-state index in [1.165, 1.54) is 6.92 Å². The molecule has 1 rings (SSSR count). The summed E-state index contributed by atoms with van der Waals surface area (Å²) in [7, 11) is 0. The molecule has 0 bridgehead atoms. The molecule has 4 nitrogen and oxygen atoms in total. The molecular weight excluding hydrogens is 328 g/mol. The molecule has 0 radical (unpaired) electrons. The average molecular weight is 367 g/mol. The normalized spacial score (nSPS) is 24.5. The van der Waals surface area contributed by atoms with Gasteiger partial charge >= 0.3 is 5.97 Å². The molecule has 3 unspecified atom stereocenters. The topological polar surface area (TPSA) is 66.8 Å². The quantitative estimate of drug-likeness (QED) is 0.282. The van der Waals surface area contributed by atoms with Crippen molar-refractivity contribution in [2.24, 2.45) is 5.41 Å². The Hall–Kier alpha value is -1.13. The van der Waals surface area contributed by atoms with Crippen LogP contribution in [0, 0.1) is 5.41 Å². The zero-order valence-corrected chi connectivity index (χ0v) is 16.7. The summed E-state index contributed by atoms with van der Waals surface area (Å²) in [6, 6.07) is 0. The van der Waals surface area contributed by atoms with Crippen LogP contribution in [0.4, 0.5) is 0 Å². The molecule has 150 valence electrons. The van der Waals surface area contributed by atoms with Gasteiger partial charge in [-0.1, -0.05) is 38.0 Å². The number of carbonyl (C=O) groups excluding carboxylic acids is 1. The van der Waals surface area contributed by atoms with E-state index in [4.69, 9.17) is 9.84 Å². The first kappa shape index (κ1) is 22.9. The van der Waals surface area contributed by atoms with E-state index in [2.05, 4.69) is 25.2 Å². The molecule has 0 aromatic carbocycles. The average Bonchev–Trinajstić information content (AvgIpc) is 2.96. The molecule has 1 fully saturated rings. The number of ether oxygens (including phenoxy) is 1. The molecule has 26 heavy (non-hydrogen) atoms. The van der Waals surface area contributed by atoms with E-state index in [9.17, 15) is 9.90 Å². The summed E-state index contributed by atoms with van der Waals surface area (Å²) in [5.41, 5.74) is -0.204. The maximum absolute atomic E-state index is 11.4. The summed E-state index contributed by atoms with van der Waals surface area (Å²) in [6.07, 6.45) is 18.4. The van der Waals surface area contributed by atoms with E-state index < -0.39 is 0 Å². The van der Waals surface area contributed by atoms with E-state index in [0.717, 1.165) is 70.6 Å². The van der Waals surface area contributed by atoms with Gasteiger partial charge in [0.2, 0.25) is 0 Å². The third-order valence-electron chi connectivity index (χ3n) is 5.31. The van der Waals surface area contributed by atoms with Gasteiger partial charge in [0.15, 0.2) is 0 Å². The SMILES string of the molecule is CCCCCC(/C=C/C1(CC/C=C/CCCO)CCCC1O)OC(C)=O. The second-order valence-corrected chi connectivity index (χ2v) is 7.52. The van der Waals surface area contributed by atoms with Crippen molar-refractivity contribution in [2.45, 2.75) is 96.7 Å². The lowest BCUT2D eigenvalue weighted by Crippen LogP contribution is -2.28. The van der Waals surface area contributed by atoms with Gasteiger partial charge in [-0.05, 0) is 63.9 Å². The number of allylic oxidation sites excluding steroid dienone is 2. The Labute approximate surface area is 159 Å². The zero-order chi connectivity index (χ0) is 19.3. The van der Waals surface area contributed by atoms with Crippen molar-refractivity contribution in [2.75, 3.05) is 6.61 Å². The molecule has 0 aliphatic heterocycles. The first-order valence-electron chi connectivity index (χ1n) is 10.3. The molecular formula is C22H38O4. The van der Waals surface area contributed by atoms with Crippen LogP contribution in [0.3, 0.4) is 0 Å². The monoisotopic (exact) mass is 366 g/mol. The van der Waals surface area contributed by atoms with Crippen LogP contribution in [0.5, 0.6) is 0 Å². The first-order chi connectivity index (χ1) is 12.5. The maximum atomic E-state index is 11.4. The van der Waals surface area contributed by atoms with Crippen molar-refractivity contribution in [3.63, 3.8) is 0 Å². The molecule has 0 amide bonds. The molecule has 1 saturated carbocycles. The number of aliphatic hydroxyl groups excluding tert-OH is 2. The Morgan fingerprint density at radius 2 is 2.04 bits per heavy atom. The summed E-state index contributed by atoms with van der Waals surface area (Å²) >= 11 is 0. The van der Waals surface area contributed by atoms with Crippen LogP contribution >= 0.6 is 0 Å². The summed E-state index contributed by atoms with van der Waals surface area (Å²) in [5.74, 6) is -0.246. The molecule has 0 heterocycles. The maximum Gasteiger partial charge on any atom is 0.303 e. The zero-order valence-electron chi connectivity index (χ0n) is 16.7. The van der Waals surface area contributed by atoms with Crippen LogP contribution < -0.4 is 0 Å². The fourth-order valence-corrected chi connectivity index (χ4v) is 3.75. The third kappa shape index (κ3) is 8.50. The van der Waals surface area contributed by atoms with Gasteiger partial charge in [0.05, 0.1) is 6.10 Å². The molecule has 1 aliphatic carbocycles. The summed E-state index contributed by atoms with van der Waals surface area (Å²) in [4.78, 5) is 11.4. The van der Waals surface area contributed by atoms with Gasteiger partial charge in [-0.3, -0.25) is 4.79 Å². The number of carbonyl (C=O) groups is 1. The van der Waals surface area contributed by atoms with Crippen molar-refractivity contribution in [3.05, 3.63) is 24.3 Å². The molecule has 4 heteroatoms. The second-order valence-electron chi connectivity index (χ2n) is 7.52. The van der Waals surface area contributed by atoms with E-state index in [-0.39, 0.29) is 30.2 Å². The van der Waals surface area contributed by atoms with Crippen molar-refractivity contribution in [3.8, 4) is 0 Å². The fourth-order valence-electron chi connectivity index (χ4n) is 3.75. The van der Waals surface area contributed by atoms with Gasteiger partial charge in [0.1, 0.15) is 6.10 Å². The number of esters is 1. The summed E-state index contributed by atoms with van der Waals surface area (Å²) < 4.78 is 5.46. The van der Waals surface area contributed by atoms with Crippen LogP contribution in [0.2, 0.25) is 0 Å².